The molecular formula is C10H12F3NS. The van der Waals surface area contributed by atoms with Crippen molar-refractivity contribution in [2.75, 3.05) is 6.26 Å². The molecule has 1 aromatic carbocycles. The third-order valence-electron chi connectivity index (χ3n) is 2.21. The van der Waals surface area contributed by atoms with Gasteiger partial charge in [-0.25, -0.2) is 0 Å². The van der Waals surface area contributed by atoms with Crippen LogP contribution in [0.15, 0.2) is 24.3 Å². The Morgan fingerprint density at radius 2 is 1.47 bits per heavy atom. The van der Waals surface area contributed by atoms with Gasteiger partial charge in [-0.05, 0) is 30.9 Å². The van der Waals surface area contributed by atoms with Crippen LogP contribution in [0.3, 0.4) is 0 Å². The molecule has 0 fully saturated rings. The molecule has 1 atom stereocenters. The second kappa shape index (κ2) is 4.06. The van der Waals surface area contributed by atoms with Crippen molar-refractivity contribution in [2.24, 2.45) is 5.73 Å². The normalized spacial score (nSPS) is 16.1. The van der Waals surface area contributed by atoms with E-state index in [1.54, 1.807) is 6.92 Å². The molecule has 5 heteroatoms. The number of hydrogen-bond donors (Lipinski definition) is 1. The highest BCUT2D eigenvalue weighted by Gasteiger charge is 2.30. The Morgan fingerprint density at radius 3 is 1.80 bits per heavy atom. The largest absolute Gasteiger partial charge is 0.416 e. The van der Waals surface area contributed by atoms with Crippen LogP contribution in [0.25, 0.3) is 0 Å². The van der Waals surface area contributed by atoms with E-state index in [9.17, 15) is 13.2 Å². The van der Waals surface area contributed by atoms with Crippen molar-refractivity contribution < 1.29 is 13.2 Å². The quantitative estimate of drug-likeness (QED) is 0.797. The predicted octanol–water partition coefficient (Wildman–Crippen LogP) is 3.20. The van der Waals surface area contributed by atoms with Crippen LogP contribution >= 0.6 is 11.8 Å². The smallest absolute Gasteiger partial charge is 0.313 e. The third kappa shape index (κ3) is 2.89. The summed E-state index contributed by atoms with van der Waals surface area (Å²) in [5.74, 6) is 0. The monoisotopic (exact) mass is 235 g/mol. The maximum atomic E-state index is 12.3. The van der Waals surface area contributed by atoms with Crippen LogP contribution in [0.1, 0.15) is 18.1 Å². The first-order chi connectivity index (χ1) is 6.77. The molecule has 1 unspecified atom stereocenters. The first-order valence-electron chi connectivity index (χ1n) is 4.29. The van der Waals surface area contributed by atoms with E-state index in [1.165, 1.54) is 23.9 Å². The third-order valence-corrected chi connectivity index (χ3v) is 3.29. The predicted molar refractivity (Wildman–Crippen MR) is 56.5 cm³/mol. The van der Waals surface area contributed by atoms with Gasteiger partial charge in [0.15, 0.2) is 0 Å². The average molecular weight is 235 g/mol. The zero-order chi connectivity index (χ0) is 11.7. The highest BCUT2D eigenvalue weighted by molar-refractivity contribution is 7.99. The molecule has 0 saturated heterocycles. The average Bonchev–Trinajstić information content (AvgIpc) is 2.17. The molecule has 0 bridgehead atoms. The molecule has 1 rings (SSSR count). The first kappa shape index (κ1) is 12.4. The molecule has 0 spiro atoms. The molecule has 1 aromatic rings. The molecule has 15 heavy (non-hydrogen) atoms. The van der Waals surface area contributed by atoms with Gasteiger partial charge in [0.2, 0.25) is 0 Å². The molecule has 84 valence electrons. The minimum atomic E-state index is -4.29. The zero-order valence-corrected chi connectivity index (χ0v) is 9.25. The summed E-state index contributed by atoms with van der Waals surface area (Å²) in [6, 6.07) is 4.94. The molecule has 0 aliphatic rings. The van der Waals surface area contributed by atoms with Crippen molar-refractivity contribution in [3.8, 4) is 0 Å². The van der Waals surface area contributed by atoms with E-state index in [0.717, 1.165) is 12.1 Å². The van der Waals surface area contributed by atoms with Gasteiger partial charge in [-0.2, -0.15) is 13.2 Å². The maximum absolute atomic E-state index is 12.3. The Balaban J connectivity index is 3.01. The fourth-order valence-electron chi connectivity index (χ4n) is 1.11. The van der Waals surface area contributed by atoms with Crippen LogP contribution in [0.4, 0.5) is 13.2 Å². The van der Waals surface area contributed by atoms with Crippen LogP contribution < -0.4 is 5.73 Å². The summed E-state index contributed by atoms with van der Waals surface area (Å²) in [7, 11) is 0. The highest BCUT2D eigenvalue weighted by Crippen LogP contribution is 2.32. The summed E-state index contributed by atoms with van der Waals surface area (Å²) < 4.78 is 36.8. The topological polar surface area (TPSA) is 26.0 Å². The van der Waals surface area contributed by atoms with E-state index in [4.69, 9.17) is 5.73 Å². The van der Waals surface area contributed by atoms with Gasteiger partial charge in [-0.1, -0.05) is 12.1 Å². The Labute approximate surface area is 90.9 Å². The summed E-state index contributed by atoms with van der Waals surface area (Å²) >= 11 is 1.39. The minimum absolute atomic E-state index is 0.649. The lowest BCUT2D eigenvalue weighted by Gasteiger charge is -2.22. The molecular weight excluding hydrogens is 223 g/mol. The number of benzene rings is 1. The molecule has 1 nitrogen and oxygen atoms in total. The zero-order valence-electron chi connectivity index (χ0n) is 8.43. The van der Waals surface area contributed by atoms with Crippen molar-refractivity contribution >= 4 is 11.8 Å². The van der Waals surface area contributed by atoms with Gasteiger partial charge in [0.25, 0.3) is 0 Å². The van der Waals surface area contributed by atoms with Gasteiger partial charge in [0, 0.05) is 0 Å². The van der Waals surface area contributed by atoms with E-state index >= 15 is 0 Å². The number of nitrogens with two attached hydrogens (primary N) is 1. The van der Waals surface area contributed by atoms with E-state index in [-0.39, 0.29) is 0 Å². The lowest BCUT2D eigenvalue weighted by Crippen LogP contribution is -2.28. The van der Waals surface area contributed by atoms with Crippen LogP contribution in [0.2, 0.25) is 0 Å². The van der Waals surface area contributed by atoms with Crippen LogP contribution in [0.5, 0.6) is 0 Å². The van der Waals surface area contributed by atoms with Crippen LogP contribution in [-0.4, -0.2) is 6.26 Å². The van der Waals surface area contributed by atoms with Gasteiger partial charge in [-0.15, -0.1) is 11.8 Å². The Hall–Kier alpha value is -0.680. The van der Waals surface area contributed by atoms with E-state index in [1.807, 2.05) is 6.26 Å². The molecule has 0 aliphatic heterocycles. The van der Waals surface area contributed by atoms with Crippen molar-refractivity contribution in [1.29, 1.82) is 0 Å². The molecule has 0 aliphatic carbocycles. The van der Waals surface area contributed by atoms with Crippen LogP contribution in [0, 0.1) is 0 Å². The van der Waals surface area contributed by atoms with Gasteiger partial charge < -0.3 is 5.73 Å². The standard InChI is InChI=1S/C10H12F3NS/c1-9(14,15-2)7-3-5-8(6-4-7)10(11,12)13/h3-6H,14H2,1-2H3. The molecule has 0 heterocycles. The molecule has 0 amide bonds. The van der Waals surface area contributed by atoms with Gasteiger partial charge in [-0.3, -0.25) is 0 Å². The highest BCUT2D eigenvalue weighted by atomic mass is 32.2. The summed E-state index contributed by atoms with van der Waals surface area (Å²) in [5.41, 5.74) is 5.91. The Kier molecular flexibility index (Phi) is 3.35. The number of halogens is 3. The number of thioether (sulfide) groups is 1. The fraction of sp³-hybridized carbons (Fsp3) is 0.400. The Bertz CT molecular complexity index is 330. The number of hydrogen-bond acceptors (Lipinski definition) is 2. The second-order valence-corrected chi connectivity index (χ2v) is 4.64. The Morgan fingerprint density at radius 1 is 1.07 bits per heavy atom. The van der Waals surface area contributed by atoms with Crippen molar-refractivity contribution in [3.05, 3.63) is 35.4 Å². The summed E-state index contributed by atoms with van der Waals surface area (Å²) in [6.07, 6.45) is -2.47. The molecule has 0 saturated carbocycles. The minimum Gasteiger partial charge on any atom is -0.313 e. The molecule has 0 aromatic heterocycles. The summed E-state index contributed by atoms with van der Waals surface area (Å²) in [5, 5.41) is 0. The fourth-order valence-corrected chi connectivity index (χ4v) is 1.48. The van der Waals surface area contributed by atoms with Crippen LogP contribution in [-0.2, 0) is 11.0 Å². The number of rotatable bonds is 2. The lowest BCUT2D eigenvalue weighted by molar-refractivity contribution is -0.137. The van der Waals surface area contributed by atoms with E-state index in [2.05, 4.69) is 0 Å². The first-order valence-corrected chi connectivity index (χ1v) is 5.51. The van der Waals surface area contributed by atoms with Gasteiger partial charge in [0.1, 0.15) is 0 Å². The summed E-state index contributed by atoms with van der Waals surface area (Å²) in [4.78, 5) is -0.649. The lowest BCUT2D eigenvalue weighted by atomic mass is 10.1. The SMILES string of the molecule is CSC(C)(N)c1ccc(C(F)(F)F)cc1. The molecule has 2 N–H and O–H groups in total. The molecule has 0 radical (unpaired) electrons. The van der Waals surface area contributed by atoms with E-state index < -0.39 is 16.6 Å². The van der Waals surface area contributed by atoms with Crippen molar-refractivity contribution in [3.63, 3.8) is 0 Å². The maximum Gasteiger partial charge on any atom is 0.416 e. The van der Waals surface area contributed by atoms with Gasteiger partial charge in [0.05, 0.1) is 10.4 Å². The summed E-state index contributed by atoms with van der Waals surface area (Å²) in [6.45, 7) is 1.76. The number of alkyl halides is 3. The second-order valence-electron chi connectivity index (χ2n) is 3.39. The van der Waals surface area contributed by atoms with Crippen molar-refractivity contribution in [2.45, 2.75) is 18.0 Å². The van der Waals surface area contributed by atoms with E-state index in [0.29, 0.717) is 5.56 Å². The van der Waals surface area contributed by atoms with Gasteiger partial charge >= 0.3 is 6.18 Å². The van der Waals surface area contributed by atoms with Crippen molar-refractivity contribution in [1.82, 2.24) is 0 Å².